The number of hydrogen-bond donors (Lipinski definition) is 3. The molecule has 3 N–H and O–H groups in total. The van der Waals surface area contributed by atoms with Crippen LogP contribution in [0, 0.1) is 0 Å². The van der Waals surface area contributed by atoms with Crippen molar-refractivity contribution in [3.8, 4) is 11.5 Å². The summed E-state index contributed by atoms with van der Waals surface area (Å²) in [6, 6.07) is 8.20. The van der Waals surface area contributed by atoms with Crippen LogP contribution in [0.25, 0.3) is 0 Å². The molecule has 6 nitrogen and oxygen atoms in total. The molecular formula is C14H15N3O3. The maximum absolute atomic E-state index is 11.6. The molecule has 20 heavy (non-hydrogen) atoms. The zero-order chi connectivity index (χ0) is 14.4. The minimum absolute atomic E-state index is 0.0689. The van der Waals surface area contributed by atoms with Gasteiger partial charge in [0.2, 0.25) is 0 Å². The van der Waals surface area contributed by atoms with Gasteiger partial charge in [0.1, 0.15) is 5.69 Å². The Morgan fingerprint density at radius 1 is 1.50 bits per heavy atom. The van der Waals surface area contributed by atoms with Crippen molar-refractivity contribution in [3.63, 3.8) is 0 Å². The molecule has 1 heterocycles. The number of phenolic OH excluding ortho intramolecular Hbond substituents is 1. The van der Waals surface area contributed by atoms with E-state index in [-0.39, 0.29) is 11.7 Å². The van der Waals surface area contributed by atoms with Gasteiger partial charge >= 0.3 is 0 Å². The predicted molar refractivity (Wildman–Crippen MR) is 75.1 cm³/mol. The van der Waals surface area contributed by atoms with Crippen molar-refractivity contribution in [1.82, 2.24) is 10.4 Å². The summed E-state index contributed by atoms with van der Waals surface area (Å²) in [7, 11) is 0. The molecule has 1 aromatic carbocycles. The second kappa shape index (κ2) is 6.42. The van der Waals surface area contributed by atoms with Crippen LogP contribution in [0.3, 0.4) is 0 Å². The van der Waals surface area contributed by atoms with E-state index in [9.17, 15) is 9.90 Å². The van der Waals surface area contributed by atoms with Crippen LogP contribution in [0.4, 0.5) is 0 Å². The highest BCUT2D eigenvalue weighted by Gasteiger charge is 2.04. The van der Waals surface area contributed by atoms with Gasteiger partial charge in [-0.05, 0) is 42.8 Å². The molecule has 0 aliphatic rings. The summed E-state index contributed by atoms with van der Waals surface area (Å²) in [5.41, 5.74) is 3.54. The number of rotatable bonds is 5. The van der Waals surface area contributed by atoms with E-state index in [0.29, 0.717) is 23.6 Å². The summed E-state index contributed by atoms with van der Waals surface area (Å²) >= 11 is 0. The highest BCUT2D eigenvalue weighted by molar-refractivity contribution is 5.93. The monoisotopic (exact) mass is 273 g/mol. The Kier molecular flexibility index (Phi) is 4.39. The van der Waals surface area contributed by atoms with E-state index in [1.807, 2.05) is 6.92 Å². The van der Waals surface area contributed by atoms with Gasteiger partial charge in [0.05, 0.1) is 12.8 Å². The predicted octanol–water partition coefficient (Wildman–Crippen LogP) is 1.88. The fourth-order valence-electron chi connectivity index (χ4n) is 1.58. The van der Waals surface area contributed by atoms with Crippen LogP contribution < -0.4 is 10.2 Å². The number of benzene rings is 1. The number of H-pyrrole nitrogens is 1. The molecule has 6 heteroatoms. The summed E-state index contributed by atoms with van der Waals surface area (Å²) in [5, 5.41) is 13.4. The van der Waals surface area contributed by atoms with E-state index < -0.39 is 0 Å². The number of aromatic nitrogens is 1. The van der Waals surface area contributed by atoms with Crippen LogP contribution in [-0.2, 0) is 0 Å². The highest BCUT2D eigenvalue weighted by Crippen LogP contribution is 2.26. The molecule has 0 saturated carbocycles. The Morgan fingerprint density at radius 3 is 3.05 bits per heavy atom. The van der Waals surface area contributed by atoms with Gasteiger partial charge < -0.3 is 14.8 Å². The maximum Gasteiger partial charge on any atom is 0.287 e. The molecule has 0 bridgehead atoms. The number of phenols is 1. The topological polar surface area (TPSA) is 86.7 Å². The molecule has 104 valence electrons. The molecule has 0 saturated heterocycles. The van der Waals surface area contributed by atoms with E-state index in [4.69, 9.17) is 4.74 Å². The lowest BCUT2D eigenvalue weighted by Gasteiger charge is -2.05. The molecule has 0 spiro atoms. The number of nitrogens with zero attached hydrogens (tertiary/aromatic N) is 1. The average molecular weight is 273 g/mol. The minimum atomic E-state index is -0.324. The van der Waals surface area contributed by atoms with Gasteiger partial charge in [-0.3, -0.25) is 4.79 Å². The molecule has 1 amide bonds. The Labute approximate surface area is 116 Å². The number of carbonyl (C=O) groups is 1. The molecule has 0 radical (unpaired) electrons. The van der Waals surface area contributed by atoms with Crippen LogP contribution in [0.2, 0.25) is 0 Å². The van der Waals surface area contributed by atoms with Crippen LogP contribution in [0.1, 0.15) is 23.0 Å². The second-order valence-corrected chi connectivity index (χ2v) is 3.94. The van der Waals surface area contributed by atoms with Crippen molar-refractivity contribution < 1.29 is 14.6 Å². The third kappa shape index (κ3) is 3.38. The number of hydrogen-bond acceptors (Lipinski definition) is 4. The molecule has 1 aromatic heterocycles. The van der Waals surface area contributed by atoms with Gasteiger partial charge in [0.15, 0.2) is 11.5 Å². The molecule has 0 aliphatic heterocycles. The van der Waals surface area contributed by atoms with Gasteiger partial charge in [0.25, 0.3) is 5.91 Å². The minimum Gasteiger partial charge on any atom is -0.504 e. The van der Waals surface area contributed by atoms with Gasteiger partial charge in [-0.25, -0.2) is 5.43 Å². The van der Waals surface area contributed by atoms with E-state index in [0.717, 1.165) is 0 Å². The first-order valence-corrected chi connectivity index (χ1v) is 6.13. The molecule has 0 unspecified atom stereocenters. The third-order valence-electron chi connectivity index (χ3n) is 2.51. The van der Waals surface area contributed by atoms with Crippen LogP contribution >= 0.6 is 0 Å². The highest BCUT2D eigenvalue weighted by atomic mass is 16.5. The number of aromatic amines is 1. The Morgan fingerprint density at radius 2 is 2.35 bits per heavy atom. The molecule has 2 rings (SSSR count). The van der Waals surface area contributed by atoms with Crippen molar-refractivity contribution >= 4 is 12.1 Å². The van der Waals surface area contributed by atoms with Gasteiger partial charge in [0, 0.05) is 6.20 Å². The summed E-state index contributed by atoms with van der Waals surface area (Å²) in [4.78, 5) is 14.4. The molecular weight excluding hydrogens is 258 g/mol. The normalized spacial score (nSPS) is 10.7. The summed E-state index contributed by atoms with van der Waals surface area (Å²) in [5.74, 6) is 0.127. The van der Waals surface area contributed by atoms with Crippen LogP contribution in [0.5, 0.6) is 11.5 Å². The maximum atomic E-state index is 11.6. The number of nitrogens with one attached hydrogen (secondary N) is 2. The number of hydrazone groups is 1. The Bertz CT molecular complexity index is 606. The number of carbonyl (C=O) groups excluding carboxylic acids is 1. The van der Waals surface area contributed by atoms with Crippen molar-refractivity contribution in [2.45, 2.75) is 6.92 Å². The fourth-order valence-corrected chi connectivity index (χ4v) is 1.58. The first-order chi connectivity index (χ1) is 9.70. The zero-order valence-corrected chi connectivity index (χ0v) is 11.0. The lowest BCUT2D eigenvalue weighted by molar-refractivity contribution is 0.0951. The van der Waals surface area contributed by atoms with Gasteiger partial charge in [-0.1, -0.05) is 0 Å². The van der Waals surface area contributed by atoms with Crippen molar-refractivity contribution in [2.24, 2.45) is 5.10 Å². The zero-order valence-electron chi connectivity index (χ0n) is 11.0. The van der Waals surface area contributed by atoms with Gasteiger partial charge in [-0.15, -0.1) is 0 Å². The quantitative estimate of drug-likeness (QED) is 0.574. The molecule has 0 fully saturated rings. The number of ether oxygens (including phenoxy) is 1. The molecule has 0 atom stereocenters. The SMILES string of the molecule is CCOc1cc(/C=N/NC(=O)c2ccc[nH]2)ccc1O. The summed E-state index contributed by atoms with van der Waals surface area (Å²) in [6.07, 6.45) is 3.13. The first kappa shape index (κ1) is 13.7. The lowest BCUT2D eigenvalue weighted by Crippen LogP contribution is -2.17. The van der Waals surface area contributed by atoms with E-state index in [1.54, 1.807) is 30.5 Å². The van der Waals surface area contributed by atoms with E-state index >= 15 is 0 Å². The average Bonchev–Trinajstić information content (AvgIpc) is 2.96. The standard InChI is InChI=1S/C14H15N3O3/c1-2-20-13-8-10(5-6-12(13)18)9-16-17-14(19)11-4-3-7-15-11/h3-9,15,18H,2H2,1H3,(H,17,19)/b16-9+. The van der Waals surface area contributed by atoms with Crippen LogP contribution in [0.15, 0.2) is 41.6 Å². The largest absolute Gasteiger partial charge is 0.504 e. The lowest BCUT2D eigenvalue weighted by atomic mass is 10.2. The number of amides is 1. The smallest absolute Gasteiger partial charge is 0.287 e. The van der Waals surface area contributed by atoms with E-state index in [1.165, 1.54) is 12.3 Å². The Hall–Kier alpha value is -2.76. The number of aromatic hydroxyl groups is 1. The fraction of sp³-hybridized carbons (Fsp3) is 0.143. The van der Waals surface area contributed by atoms with Gasteiger partial charge in [-0.2, -0.15) is 5.10 Å². The van der Waals surface area contributed by atoms with Crippen molar-refractivity contribution in [1.29, 1.82) is 0 Å². The van der Waals surface area contributed by atoms with Crippen LogP contribution in [-0.4, -0.2) is 28.8 Å². The molecule has 2 aromatic rings. The Balaban J connectivity index is 2.01. The summed E-state index contributed by atoms with van der Waals surface area (Å²) < 4.78 is 5.26. The first-order valence-electron chi connectivity index (χ1n) is 6.13. The van der Waals surface area contributed by atoms with Crippen molar-refractivity contribution in [2.75, 3.05) is 6.61 Å². The second-order valence-electron chi connectivity index (χ2n) is 3.94. The van der Waals surface area contributed by atoms with E-state index in [2.05, 4.69) is 15.5 Å². The van der Waals surface area contributed by atoms with Crippen molar-refractivity contribution in [3.05, 3.63) is 47.8 Å². The summed E-state index contributed by atoms with van der Waals surface area (Å²) in [6.45, 7) is 2.29. The molecule has 0 aliphatic carbocycles. The third-order valence-corrected chi connectivity index (χ3v) is 2.51.